The predicted molar refractivity (Wildman–Crippen MR) is 75.6 cm³/mol. The highest BCUT2D eigenvalue weighted by molar-refractivity contribution is 5.76. The number of carbonyl (C=O) groups is 1. The number of rotatable bonds is 6. The van der Waals surface area contributed by atoms with Gasteiger partial charge in [0.05, 0.1) is 6.61 Å². The third-order valence-corrected chi connectivity index (χ3v) is 4.77. The fourth-order valence-electron chi connectivity index (χ4n) is 3.03. The molecule has 2 unspecified atom stereocenters. The number of amides is 1. The molecular formula is C15H23N3O3. The average Bonchev–Trinajstić information content (AvgIpc) is 3.11. The zero-order valence-electron chi connectivity index (χ0n) is 12.5. The molecule has 2 saturated carbocycles. The van der Waals surface area contributed by atoms with Gasteiger partial charge in [-0.15, -0.1) is 0 Å². The maximum Gasteiger partial charge on any atom is 0.227 e. The fourth-order valence-corrected chi connectivity index (χ4v) is 3.03. The van der Waals surface area contributed by atoms with Crippen molar-refractivity contribution < 1.29 is 14.4 Å². The van der Waals surface area contributed by atoms with E-state index in [0.717, 1.165) is 37.9 Å². The number of nitrogens with zero attached hydrogens (tertiary/aromatic N) is 2. The monoisotopic (exact) mass is 293 g/mol. The second-order valence-corrected chi connectivity index (χ2v) is 6.65. The van der Waals surface area contributed by atoms with Crippen LogP contribution in [0.3, 0.4) is 0 Å². The largest absolute Gasteiger partial charge is 0.396 e. The topological polar surface area (TPSA) is 88.2 Å². The lowest BCUT2D eigenvalue weighted by Crippen LogP contribution is -2.44. The van der Waals surface area contributed by atoms with E-state index >= 15 is 0 Å². The van der Waals surface area contributed by atoms with Crippen LogP contribution in [0.1, 0.15) is 63.1 Å². The van der Waals surface area contributed by atoms with Crippen LogP contribution in [0.15, 0.2) is 4.52 Å². The van der Waals surface area contributed by atoms with Gasteiger partial charge in [0.2, 0.25) is 11.8 Å². The molecule has 116 valence electrons. The lowest BCUT2D eigenvalue weighted by atomic mass is 9.86. The molecule has 2 aliphatic carbocycles. The summed E-state index contributed by atoms with van der Waals surface area (Å²) in [5.41, 5.74) is -0.181. The van der Waals surface area contributed by atoms with Crippen molar-refractivity contribution in [1.29, 1.82) is 0 Å². The van der Waals surface area contributed by atoms with Crippen molar-refractivity contribution in [1.82, 2.24) is 15.5 Å². The fraction of sp³-hybridized carbons (Fsp3) is 0.800. The molecule has 0 aromatic carbocycles. The number of hydrogen-bond donors (Lipinski definition) is 2. The minimum atomic E-state index is -0.181. The number of hydrogen-bond acceptors (Lipinski definition) is 5. The molecule has 0 bridgehead atoms. The summed E-state index contributed by atoms with van der Waals surface area (Å²) in [6.07, 6.45) is 6.06. The average molecular weight is 293 g/mol. The number of aromatic nitrogens is 2. The van der Waals surface area contributed by atoms with Crippen LogP contribution in [0.25, 0.3) is 0 Å². The lowest BCUT2D eigenvalue weighted by Gasteiger charge is -2.30. The summed E-state index contributed by atoms with van der Waals surface area (Å²) >= 11 is 0. The van der Waals surface area contributed by atoms with Crippen molar-refractivity contribution in [3.05, 3.63) is 11.7 Å². The van der Waals surface area contributed by atoms with Crippen LogP contribution in [-0.4, -0.2) is 33.8 Å². The van der Waals surface area contributed by atoms with Gasteiger partial charge in [-0.05, 0) is 25.7 Å². The Morgan fingerprint density at radius 3 is 3.00 bits per heavy atom. The summed E-state index contributed by atoms with van der Waals surface area (Å²) in [6, 6.07) is 0.0692. The first kappa shape index (κ1) is 14.5. The van der Waals surface area contributed by atoms with Gasteiger partial charge in [-0.25, -0.2) is 0 Å². The molecule has 2 aliphatic rings. The summed E-state index contributed by atoms with van der Waals surface area (Å²) in [7, 11) is 0. The van der Waals surface area contributed by atoms with E-state index in [1.165, 1.54) is 0 Å². The molecule has 0 radical (unpaired) electrons. The minimum Gasteiger partial charge on any atom is -0.396 e. The summed E-state index contributed by atoms with van der Waals surface area (Å²) in [5.74, 6) is 1.80. The SMILES string of the molecule is CC1(CO)CCCC1NC(=O)CCc1nc(C2CC2)no1. The molecule has 1 aromatic rings. The van der Waals surface area contributed by atoms with Gasteiger partial charge in [-0.1, -0.05) is 18.5 Å². The third-order valence-electron chi connectivity index (χ3n) is 4.77. The zero-order chi connectivity index (χ0) is 14.9. The molecule has 0 aliphatic heterocycles. The van der Waals surface area contributed by atoms with Crippen molar-refractivity contribution in [2.75, 3.05) is 6.61 Å². The van der Waals surface area contributed by atoms with Crippen LogP contribution < -0.4 is 5.32 Å². The molecule has 2 atom stereocenters. The molecule has 2 N–H and O–H groups in total. The van der Waals surface area contributed by atoms with Crippen LogP contribution in [0.4, 0.5) is 0 Å². The second-order valence-electron chi connectivity index (χ2n) is 6.65. The second kappa shape index (κ2) is 5.75. The highest BCUT2D eigenvalue weighted by atomic mass is 16.5. The Bertz CT molecular complexity index is 512. The van der Waals surface area contributed by atoms with Crippen molar-refractivity contribution in [3.8, 4) is 0 Å². The number of aliphatic hydroxyl groups excluding tert-OH is 1. The molecule has 1 heterocycles. The first-order valence-electron chi connectivity index (χ1n) is 7.83. The maximum absolute atomic E-state index is 12.0. The summed E-state index contributed by atoms with van der Waals surface area (Å²) in [6.45, 7) is 2.15. The molecule has 0 saturated heterocycles. The highest BCUT2D eigenvalue weighted by Crippen LogP contribution is 2.38. The molecule has 0 spiro atoms. The Morgan fingerprint density at radius 2 is 2.29 bits per heavy atom. The van der Waals surface area contributed by atoms with Crippen LogP contribution in [0.5, 0.6) is 0 Å². The van der Waals surface area contributed by atoms with Gasteiger partial charge in [0, 0.05) is 30.2 Å². The Morgan fingerprint density at radius 1 is 1.48 bits per heavy atom. The summed E-state index contributed by atoms with van der Waals surface area (Å²) in [4.78, 5) is 16.4. The van der Waals surface area contributed by atoms with Gasteiger partial charge in [0.25, 0.3) is 0 Å². The molecule has 2 fully saturated rings. The molecule has 6 nitrogen and oxygen atoms in total. The van der Waals surface area contributed by atoms with Gasteiger partial charge in [0.15, 0.2) is 5.82 Å². The summed E-state index contributed by atoms with van der Waals surface area (Å²) in [5, 5.41) is 16.5. The normalized spacial score (nSPS) is 28.8. The van der Waals surface area contributed by atoms with Crippen molar-refractivity contribution in [3.63, 3.8) is 0 Å². The first-order valence-corrected chi connectivity index (χ1v) is 7.83. The van der Waals surface area contributed by atoms with Crippen LogP contribution in [0, 0.1) is 5.41 Å². The van der Waals surface area contributed by atoms with Gasteiger partial charge in [-0.2, -0.15) is 4.98 Å². The molecule has 1 aromatic heterocycles. The van der Waals surface area contributed by atoms with E-state index in [4.69, 9.17) is 4.52 Å². The predicted octanol–water partition coefficient (Wildman–Crippen LogP) is 1.55. The van der Waals surface area contributed by atoms with E-state index in [1.54, 1.807) is 0 Å². The maximum atomic E-state index is 12.0. The van der Waals surface area contributed by atoms with Crippen LogP contribution >= 0.6 is 0 Å². The number of aryl methyl sites for hydroxylation is 1. The van der Waals surface area contributed by atoms with Gasteiger partial charge in [-0.3, -0.25) is 4.79 Å². The van der Waals surface area contributed by atoms with Crippen LogP contribution in [-0.2, 0) is 11.2 Å². The summed E-state index contributed by atoms with van der Waals surface area (Å²) < 4.78 is 5.17. The lowest BCUT2D eigenvalue weighted by molar-refractivity contribution is -0.122. The minimum absolute atomic E-state index is 0.00672. The molecule has 6 heteroatoms. The van der Waals surface area contributed by atoms with Crippen molar-refractivity contribution in [2.45, 2.75) is 63.8 Å². The van der Waals surface area contributed by atoms with E-state index in [1.807, 2.05) is 6.92 Å². The number of carbonyl (C=O) groups excluding carboxylic acids is 1. The Kier molecular flexibility index (Phi) is 3.97. The van der Waals surface area contributed by atoms with E-state index in [0.29, 0.717) is 24.7 Å². The Hall–Kier alpha value is -1.43. The molecular weight excluding hydrogens is 270 g/mol. The number of nitrogens with one attached hydrogen (secondary N) is 1. The van der Waals surface area contributed by atoms with Gasteiger partial charge >= 0.3 is 0 Å². The third kappa shape index (κ3) is 3.26. The van der Waals surface area contributed by atoms with E-state index in [9.17, 15) is 9.90 Å². The van der Waals surface area contributed by atoms with Crippen LogP contribution in [0.2, 0.25) is 0 Å². The molecule has 21 heavy (non-hydrogen) atoms. The van der Waals surface area contributed by atoms with Gasteiger partial charge in [0.1, 0.15) is 0 Å². The standard InChI is InChI=1S/C15H23N3O3/c1-15(9-19)8-2-3-11(15)16-12(20)6-7-13-17-14(18-21-13)10-4-5-10/h10-11,19H,2-9H2,1H3,(H,16,20). The first-order chi connectivity index (χ1) is 10.1. The number of aliphatic hydroxyl groups is 1. The Balaban J connectivity index is 1.47. The molecule has 3 rings (SSSR count). The van der Waals surface area contributed by atoms with Crippen molar-refractivity contribution >= 4 is 5.91 Å². The van der Waals surface area contributed by atoms with Crippen molar-refractivity contribution in [2.24, 2.45) is 5.41 Å². The van der Waals surface area contributed by atoms with Gasteiger partial charge < -0.3 is 14.9 Å². The van der Waals surface area contributed by atoms with E-state index < -0.39 is 0 Å². The van der Waals surface area contributed by atoms with E-state index in [2.05, 4.69) is 15.5 Å². The highest BCUT2D eigenvalue weighted by Gasteiger charge is 2.39. The van der Waals surface area contributed by atoms with E-state index in [-0.39, 0.29) is 24.0 Å². The smallest absolute Gasteiger partial charge is 0.227 e. The zero-order valence-corrected chi connectivity index (χ0v) is 12.5. The quantitative estimate of drug-likeness (QED) is 0.830. The Labute approximate surface area is 124 Å². The molecule has 1 amide bonds.